The molecule has 0 bridgehead atoms. The van der Waals surface area contributed by atoms with Crippen LogP contribution in [0.2, 0.25) is 5.15 Å². The third kappa shape index (κ3) is 5.38. The zero-order chi connectivity index (χ0) is 24.8. The summed E-state index contributed by atoms with van der Waals surface area (Å²) < 4.78 is 42.7. The molecule has 1 saturated carbocycles. The summed E-state index contributed by atoms with van der Waals surface area (Å²) in [6.07, 6.45) is 3.83. The lowest BCUT2D eigenvalue weighted by atomic mass is 10.1. The van der Waals surface area contributed by atoms with Crippen LogP contribution in [0.3, 0.4) is 0 Å². The first-order valence-electron chi connectivity index (χ1n) is 12.0. The lowest BCUT2D eigenvalue weighted by Gasteiger charge is -2.25. The SMILES string of the molecule is CCOP(=O)(O)COC[C@H]1O[C@@H](n2cnc3c(NC4CCCC4)cc(Cl)nc32)[C@@H]2OC(C)(C)O[C@@H]21. The Balaban J connectivity index is 1.39. The molecule has 5 atom stereocenters. The molecule has 0 spiro atoms. The van der Waals surface area contributed by atoms with E-state index in [1.807, 2.05) is 13.8 Å². The topological polar surface area (TPSA) is 126 Å². The molecule has 1 aliphatic carbocycles. The molecule has 194 valence electrons. The zero-order valence-electron chi connectivity index (χ0n) is 20.1. The monoisotopic (exact) mass is 530 g/mol. The van der Waals surface area contributed by atoms with E-state index < -0.39 is 44.3 Å². The lowest BCUT2D eigenvalue weighted by molar-refractivity contribution is -0.201. The first-order chi connectivity index (χ1) is 16.7. The van der Waals surface area contributed by atoms with Gasteiger partial charge in [0.25, 0.3) is 0 Å². The van der Waals surface area contributed by atoms with Crippen molar-refractivity contribution in [3.8, 4) is 0 Å². The number of pyridine rings is 1. The van der Waals surface area contributed by atoms with Crippen molar-refractivity contribution in [1.82, 2.24) is 14.5 Å². The summed E-state index contributed by atoms with van der Waals surface area (Å²) in [4.78, 5) is 19.0. The molecule has 2 aromatic heterocycles. The molecule has 0 radical (unpaired) electrons. The van der Waals surface area contributed by atoms with Gasteiger partial charge in [-0.3, -0.25) is 9.13 Å². The van der Waals surface area contributed by atoms with Gasteiger partial charge in [0.2, 0.25) is 0 Å². The fraction of sp³-hybridized carbons (Fsp3) is 0.727. The molecule has 5 rings (SSSR count). The molecule has 35 heavy (non-hydrogen) atoms. The van der Waals surface area contributed by atoms with E-state index in [-0.39, 0.29) is 13.2 Å². The molecule has 2 aromatic rings. The second-order valence-corrected chi connectivity index (χ2v) is 11.8. The molecule has 2 aliphatic heterocycles. The second kappa shape index (κ2) is 9.87. The van der Waals surface area contributed by atoms with E-state index in [4.69, 9.17) is 35.1 Å². The first kappa shape index (κ1) is 25.4. The van der Waals surface area contributed by atoms with Crippen LogP contribution < -0.4 is 5.32 Å². The Morgan fingerprint density at radius 3 is 2.80 bits per heavy atom. The van der Waals surface area contributed by atoms with E-state index in [1.54, 1.807) is 23.9 Å². The summed E-state index contributed by atoms with van der Waals surface area (Å²) in [5, 5.41) is 3.92. The van der Waals surface area contributed by atoms with Crippen molar-refractivity contribution in [3.63, 3.8) is 0 Å². The molecule has 0 aromatic carbocycles. The van der Waals surface area contributed by atoms with E-state index >= 15 is 0 Å². The first-order valence-corrected chi connectivity index (χ1v) is 14.1. The van der Waals surface area contributed by atoms with Gasteiger partial charge in [-0.25, -0.2) is 9.97 Å². The minimum atomic E-state index is -3.82. The van der Waals surface area contributed by atoms with Gasteiger partial charge in [-0.15, -0.1) is 0 Å². The molecule has 11 nitrogen and oxygen atoms in total. The lowest BCUT2D eigenvalue weighted by Crippen LogP contribution is -2.33. The minimum absolute atomic E-state index is 0.0318. The number of nitrogens with zero attached hydrogens (tertiary/aromatic N) is 3. The van der Waals surface area contributed by atoms with E-state index in [2.05, 4.69) is 15.3 Å². The third-order valence-electron chi connectivity index (χ3n) is 6.48. The normalized spacial score (nSPS) is 30.1. The molecule has 3 aliphatic rings. The number of halogens is 1. The van der Waals surface area contributed by atoms with Gasteiger partial charge in [-0.2, -0.15) is 0 Å². The Kier molecular flexibility index (Phi) is 7.15. The Bertz CT molecular complexity index is 1110. The van der Waals surface area contributed by atoms with Crippen molar-refractivity contribution in [2.75, 3.05) is 24.9 Å². The molecular formula is C22H32ClN4O7P. The number of fused-ring (bicyclic) bond motifs is 2. The number of rotatable bonds is 9. The molecule has 13 heteroatoms. The number of nitrogens with one attached hydrogen (secondary N) is 1. The van der Waals surface area contributed by atoms with Crippen LogP contribution in [0.4, 0.5) is 5.69 Å². The Morgan fingerprint density at radius 1 is 1.31 bits per heavy atom. The minimum Gasteiger partial charge on any atom is -0.380 e. The number of anilines is 1. The van der Waals surface area contributed by atoms with Crippen LogP contribution in [0.1, 0.15) is 52.7 Å². The Labute approximate surface area is 208 Å². The van der Waals surface area contributed by atoms with E-state index in [1.165, 1.54) is 12.8 Å². The van der Waals surface area contributed by atoms with Crippen molar-refractivity contribution >= 4 is 36.0 Å². The molecule has 1 unspecified atom stereocenters. The highest BCUT2D eigenvalue weighted by Crippen LogP contribution is 2.45. The summed E-state index contributed by atoms with van der Waals surface area (Å²) >= 11 is 6.40. The summed E-state index contributed by atoms with van der Waals surface area (Å²) in [5.41, 5.74) is 2.13. The van der Waals surface area contributed by atoms with Gasteiger partial charge in [0.15, 0.2) is 17.7 Å². The van der Waals surface area contributed by atoms with E-state index in [9.17, 15) is 9.46 Å². The average Bonchev–Trinajstić information content (AvgIpc) is 3.53. The summed E-state index contributed by atoms with van der Waals surface area (Å²) in [6, 6.07) is 2.19. The number of aromatic nitrogens is 3. The van der Waals surface area contributed by atoms with Gasteiger partial charge < -0.3 is 33.7 Å². The predicted molar refractivity (Wildman–Crippen MR) is 128 cm³/mol. The fourth-order valence-electron chi connectivity index (χ4n) is 5.10. The van der Waals surface area contributed by atoms with Crippen molar-refractivity contribution in [2.45, 2.75) is 82.8 Å². The maximum absolute atomic E-state index is 12.0. The van der Waals surface area contributed by atoms with Crippen molar-refractivity contribution in [1.29, 1.82) is 0 Å². The van der Waals surface area contributed by atoms with Crippen molar-refractivity contribution < 1.29 is 32.9 Å². The Morgan fingerprint density at radius 2 is 2.06 bits per heavy atom. The van der Waals surface area contributed by atoms with Gasteiger partial charge in [-0.1, -0.05) is 24.4 Å². The smallest absolute Gasteiger partial charge is 0.353 e. The zero-order valence-corrected chi connectivity index (χ0v) is 21.7. The van der Waals surface area contributed by atoms with Crippen LogP contribution in [-0.2, 0) is 28.0 Å². The van der Waals surface area contributed by atoms with E-state index in [0.717, 1.165) is 18.5 Å². The quantitative estimate of drug-likeness (QED) is 0.362. The van der Waals surface area contributed by atoms with Crippen LogP contribution in [0.15, 0.2) is 12.4 Å². The summed E-state index contributed by atoms with van der Waals surface area (Å²) in [7, 11) is -3.82. The average molecular weight is 531 g/mol. The highest BCUT2D eigenvalue weighted by atomic mass is 35.5. The molecule has 2 saturated heterocycles. The summed E-state index contributed by atoms with van der Waals surface area (Å²) in [5.74, 6) is -0.830. The molecule has 2 N–H and O–H groups in total. The molecule has 4 heterocycles. The van der Waals surface area contributed by atoms with Crippen LogP contribution in [0.5, 0.6) is 0 Å². The van der Waals surface area contributed by atoms with Crippen LogP contribution in [0, 0.1) is 0 Å². The van der Waals surface area contributed by atoms with Crippen molar-refractivity contribution in [2.24, 2.45) is 0 Å². The standard InChI is InChI=1S/C22H32ClN4O7P/c1-4-31-35(28,29)12-30-10-15-18-19(34-22(2,3)33-18)21(32-15)27-11-24-17-14(9-16(23)26-20(17)27)25-13-7-5-6-8-13/h9,11,13,15,18-19,21H,4-8,10,12H2,1-3H3,(H,25,26)(H,28,29)/t15-,18-,19-,21-/m1/s1. The fourth-order valence-corrected chi connectivity index (χ4v) is 6.11. The third-order valence-corrected chi connectivity index (χ3v) is 7.84. The molecule has 3 fully saturated rings. The number of hydrogen-bond donors (Lipinski definition) is 2. The molecular weight excluding hydrogens is 499 g/mol. The Hall–Kier alpha value is -1.30. The van der Waals surface area contributed by atoms with Gasteiger partial charge in [0.1, 0.15) is 35.3 Å². The van der Waals surface area contributed by atoms with Crippen LogP contribution in [-0.4, -0.2) is 69.1 Å². The predicted octanol–water partition coefficient (Wildman–Crippen LogP) is 4.05. The van der Waals surface area contributed by atoms with Crippen molar-refractivity contribution in [3.05, 3.63) is 17.5 Å². The van der Waals surface area contributed by atoms with Gasteiger partial charge in [0.05, 0.1) is 25.2 Å². The second-order valence-electron chi connectivity index (χ2n) is 9.63. The van der Waals surface area contributed by atoms with Gasteiger partial charge in [0, 0.05) is 12.1 Å². The summed E-state index contributed by atoms with van der Waals surface area (Å²) in [6.45, 7) is 5.47. The number of ether oxygens (including phenoxy) is 4. The van der Waals surface area contributed by atoms with E-state index in [0.29, 0.717) is 22.4 Å². The molecule has 0 amide bonds. The van der Waals surface area contributed by atoms with Gasteiger partial charge in [-0.05, 0) is 33.6 Å². The maximum Gasteiger partial charge on any atom is 0.353 e. The number of hydrogen-bond acceptors (Lipinski definition) is 9. The van der Waals surface area contributed by atoms with Crippen LogP contribution >= 0.6 is 19.2 Å². The highest BCUT2D eigenvalue weighted by molar-refractivity contribution is 7.52. The largest absolute Gasteiger partial charge is 0.380 e. The highest BCUT2D eigenvalue weighted by Gasteiger charge is 2.56. The number of imidazole rings is 1. The maximum atomic E-state index is 12.0. The van der Waals surface area contributed by atoms with Gasteiger partial charge >= 0.3 is 7.60 Å². The van der Waals surface area contributed by atoms with Crippen LogP contribution in [0.25, 0.3) is 11.2 Å².